The first kappa shape index (κ1) is 18.5. The Hall–Kier alpha value is -2.24. The second-order valence-electron chi connectivity index (χ2n) is 6.75. The van der Waals surface area contributed by atoms with E-state index in [1.54, 1.807) is 19.2 Å². The molecule has 0 saturated carbocycles. The van der Waals surface area contributed by atoms with Crippen LogP contribution in [0.5, 0.6) is 5.75 Å². The largest absolute Gasteiger partial charge is 0.493 e. The van der Waals surface area contributed by atoms with E-state index in [4.69, 9.17) is 4.74 Å². The molecule has 1 aliphatic heterocycles. The van der Waals surface area contributed by atoms with Crippen molar-refractivity contribution >= 4 is 5.82 Å². The number of rotatable bonds is 5. The van der Waals surface area contributed by atoms with Crippen molar-refractivity contribution in [2.24, 2.45) is 5.92 Å². The lowest BCUT2D eigenvalue weighted by Crippen LogP contribution is -2.34. The molecule has 0 amide bonds. The molecule has 1 aromatic heterocycles. The summed E-state index contributed by atoms with van der Waals surface area (Å²) in [4.78, 5) is 6.61. The van der Waals surface area contributed by atoms with E-state index in [9.17, 15) is 13.2 Å². The van der Waals surface area contributed by atoms with E-state index >= 15 is 0 Å². The lowest BCUT2D eigenvalue weighted by molar-refractivity contribution is -0.139. The Morgan fingerprint density at radius 1 is 1.15 bits per heavy atom. The summed E-state index contributed by atoms with van der Waals surface area (Å²) in [5, 5.41) is 0. The summed E-state index contributed by atoms with van der Waals surface area (Å²) in [6.07, 6.45) is 0.158. The molecular weight excluding hydrogens is 341 g/mol. The summed E-state index contributed by atoms with van der Waals surface area (Å²) in [5.41, 5.74) is -0.117. The standard InChI is InChI=1S/C20H23F3N2O/c1-15-5-6-18(17(14-15)20(21,22)23)26-13-9-16-7-11-25(12-8-16)19-4-2-3-10-24-19/h2-6,10,14,16H,7-9,11-13H2,1H3. The zero-order valence-corrected chi connectivity index (χ0v) is 14.8. The lowest BCUT2D eigenvalue weighted by Gasteiger charge is -2.32. The van der Waals surface area contributed by atoms with Gasteiger partial charge in [0.15, 0.2) is 0 Å². The third-order valence-corrected chi connectivity index (χ3v) is 4.81. The zero-order valence-electron chi connectivity index (χ0n) is 14.8. The van der Waals surface area contributed by atoms with Crippen molar-refractivity contribution in [1.82, 2.24) is 4.98 Å². The minimum Gasteiger partial charge on any atom is -0.493 e. The maximum absolute atomic E-state index is 13.1. The number of piperidine rings is 1. The number of benzene rings is 1. The van der Waals surface area contributed by atoms with Gasteiger partial charge in [0.1, 0.15) is 11.6 Å². The molecule has 1 aliphatic rings. The van der Waals surface area contributed by atoms with Gasteiger partial charge in [-0.3, -0.25) is 0 Å². The maximum Gasteiger partial charge on any atom is 0.419 e. The van der Waals surface area contributed by atoms with Crippen molar-refractivity contribution in [3.8, 4) is 5.75 Å². The van der Waals surface area contributed by atoms with Crippen molar-refractivity contribution < 1.29 is 17.9 Å². The molecule has 3 nitrogen and oxygen atoms in total. The van der Waals surface area contributed by atoms with E-state index in [-0.39, 0.29) is 5.75 Å². The zero-order chi connectivity index (χ0) is 18.6. The first-order valence-corrected chi connectivity index (χ1v) is 8.90. The number of halogens is 3. The molecule has 0 N–H and O–H groups in total. The van der Waals surface area contributed by atoms with Crippen LogP contribution in [0.2, 0.25) is 0 Å². The molecule has 0 atom stereocenters. The van der Waals surface area contributed by atoms with E-state index in [0.29, 0.717) is 18.1 Å². The van der Waals surface area contributed by atoms with Gasteiger partial charge in [-0.05, 0) is 56.4 Å². The molecule has 0 unspecified atom stereocenters. The molecule has 1 aromatic carbocycles. The molecular formula is C20H23F3N2O. The number of anilines is 1. The van der Waals surface area contributed by atoms with Gasteiger partial charge < -0.3 is 9.64 Å². The van der Waals surface area contributed by atoms with Crippen LogP contribution in [-0.2, 0) is 6.18 Å². The average Bonchev–Trinajstić information content (AvgIpc) is 2.63. The third-order valence-electron chi connectivity index (χ3n) is 4.81. The Morgan fingerprint density at radius 3 is 2.58 bits per heavy atom. The summed E-state index contributed by atoms with van der Waals surface area (Å²) in [7, 11) is 0. The van der Waals surface area contributed by atoms with Crippen LogP contribution in [0, 0.1) is 12.8 Å². The molecule has 3 rings (SSSR count). The lowest BCUT2D eigenvalue weighted by atomic mass is 9.94. The molecule has 26 heavy (non-hydrogen) atoms. The summed E-state index contributed by atoms with van der Waals surface area (Å²) >= 11 is 0. The Morgan fingerprint density at radius 2 is 1.92 bits per heavy atom. The first-order valence-electron chi connectivity index (χ1n) is 8.90. The number of pyridine rings is 1. The van der Waals surface area contributed by atoms with Gasteiger partial charge in [-0.15, -0.1) is 0 Å². The Kier molecular flexibility index (Phi) is 5.69. The van der Waals surface area contributed by atoms with Gasteiger partial charge in [0.2, 0.25) is 0 Å². The highest BCUT2D eigenvalue weighted by molar-refractivity contribution is 5.39. The van der Waals surface area contributed by atoms with E-state index in [1.807, 2.05) is 18.2 Å². The molecule has 0 spiro atoms. The summed E-state index contributed by atoms with van der Waals surface area (Å²) < 4.78 is 44.9. The smallest absolute Gasteiger partial charge is 0.419 e. The van der Waals surface area contributed by atoms with Crippen LogP contribution in [0.1, 0.15) is 30.4 Å². The number of alkyl halides is 3. The molecule has 0 bridgehead atoms. The molecule has 0 radical (unpaired) electrons. The molecule has 140 valence electrons. The molecule has 0 aliphatic carbocycles. The Bertz CT molecular complexity index is 711. The van der Waals surface area contributed by atoms with Gasteiger partial charge >= 0.3 is 6.18 Å². The second kappa shape index (κ2) is 7.98. The van der Waals surface area contributed by atoms with E-state index in [0.717, 1.165) is 44.2 Å². The number of ether oxygens (including phenoxy) is 1. The SMILES string of the molecule is Cc1ccc(OCCC2CCN(c3ccccn3)CC2)c(C(F)(F)F)c1. The van der Waals surface area contributed by atoms with Gasteiger partial charge in [-0.25, -0.2) is 4.98 Å². The topological polar surface area (TPSA) is 25.4 Å². The average molecular weight is 364 g/mol. The van der Waals surface area contributed by atoms with Gasteiger partial charge in [0.05, 0.1) is 12.2 Å². The van der Waals surface area contributed by atoms with Crippen molar-refractivity contribution in [1.29, 1.82) is 0 Å². The van der Waals surface area contributed by atoms with Crippen LogP contribution < -0.4 is 9.64 Å². The van der Waals surface area contributed by atoms with Crippen LogP contribution in [0.15, 0.2) is 42.6 Å². The molecule has 1 saturated heterocycles. The predicted molar refractivity (Wildman–Crippen MR) is 95.5 cm³/mol. The van der Waals surface area contributed by atoms with Gasteiger partial charge in [0.25, 0.3) is 0 Å². The molecule has 6 heteroatoms. The van der Waals surface area contributed by atoms with Crippen LogP contribution in [0.25, 0.3) is 0 Å². The van der Waals surface area contributed by atoms with Crippen molar-refractivity contribution in [3.63, 3.8) is 0 Å². The highest BCUT2D eigenvalue weighted by Gasteiger charge is 2.34. The summed E-state index contributed by atoms with van der Waals surface area (Å²) in [6, 6.07) is 10.1. The van der Waals surface area contributed by atoms with Crippen molar-refractivity contribution in [2.45, 2.75) is 32.4 Å². The highest BCUT2D eigenvalue weighted by atomic mass is 19.4. The molecule has 2 heterocycles. The van der Waals surface area contributed by atoms with Crippen molar-refractivity contribution in [3.05, 3.63) is 53.7 Å². The van der Waals surface area contributed by atoms with Gasteiger partial charge in [-0.2, -0.15) is 13.2 Å². The minimum absolute atomic E-state index is 0.0750. The maximum atomic E-state index is 13.1. The number of aromatic nitrogens is 1. The fourth-order valence-electron chi connectivity index (χ4n) is 3.32. The fourth-order valence-corrected chi connectivity index (χ4v) is 3.32. The van der Waals surface area contributed by atoms with E-state index in [2.05, 4.69) is 9.88 Å². The monoisotopic (exact) mass is 364 g/mol. The number of hydrogen-bond acceptors (Lipinski definition) is 3. The van der Waals surface area contributed by atoms with Crippen LogP contribution in [-0.4, -0.2) is 24.7 Å². The Labute approximate surface area is 151 Å². The first-order chi connectivity index (χ1) is 12.4. The normalized spacial score (nSPS) is 15.9. The van der Waals surface area contributed by atoms with Gasteiger partial charge in [-0.1, -0.05) is 17.7 Å². The Balaban J connectivity index is 1.49. The predicted octanol–water partition coefficient (Wildman–Crippen LogP) is 5.09. The minimum atomic E-state index is -4.39. The highest BCUT2D eigenvalue weighted by Crippen LogP contribution is 2.37. The van der Waals surface area contributed by atoms with Gasteiger partial charge in [0, 0.05) is 19.3 Å². The number of nitrogens with zero attached hydrogens (tertiary/aromatic N) is 2. The van der Waals surface area contributed by atoms with E-state index in [1.165, 1.54) is 6.07 Å². The van der Waals surface area contributed by atoms with Crippen molar-refractivity contribution in [2.75, 3.05) is 24.6 Å². The van der Waals surface area contributed by atoms with E-state index < -0.39 is 11.7 Å². The number of aryl methyl sites for hydroxylation is 1. The fraction of sp³-hybridized carbons (Fsp3) is 0.450. The van der Waals surface area contributed by atoms with Crippen LogP contribution in [0.3, 0.4) is 0 Å². The molecule has 1 fully saturated rings. The number of hydrogen-bond donors (Lipinski definition) is 0. The van der Waals surface area contributed by atoms with Crippen LogP contribution in [0.4, 0.5) is 19.0 Å². The summed E-state index contributed by atoms with van der Waals surface area (Å²) in [6.45, 7) is 3.79. The summed E-state index contributed by atoms with van der Waals surface area (Å²) in [5.74, 6) is 1.38. The quantitative estimate of drug-likeness (QED) is 0.739. The third kappa shape index (κ3) is 4.68. The van der Waals surface area contributed by atoms with Crippen LogP contribution >= 0.6 is 0 Å². The molecule has 2 aromatic rings. The second-order valence-corrected chi connectivity index (χ2v) is 6.75.